The van der Waals surface area contributed by atoms with Crippen LogP contribution in [0.15, 0.2) is 30.5 Å². The molecular formula is C22H24Cl3N3O2. The van der Waals surface area contributed by atoms with Crippen molar-refractivity contribution in [3.8, 4) is 5.88 Å². The topological polar surface area (TPSA) is 47.4 Å². The first-order valence-corrected chi connectivity index (χ1v) is 10.5. The lowest BCUT2D eigenvalue weighted by atomic mass is 10.2. The molecule has 0 bridgehead atoms. The number of fused-ring (bicyclic) bond motifs is 1. The van der Waals surface area contributed by atoms with E-state index in [2.05, 4.69) is 23.4 Å². The molecular weight excluding hydrogens is 445 g/mol. The van der Waals surface area contributed by atoms with E-state index in [4.69, 9.17) is 27.9 Å². The lowest BCUT2D eigenvalue weighted by Gasteiger charge is -2.16. The van der Waals surface area contributed by atoms with Crippen molar-refractivity contribution in [3.63, 3.8) is 0 Å². The number of rotatable bonds is 6. The summed E-state index contributed by atoms with van der Waals surface area (Å²) in [5.74, 6) is 0.792. The molecule has 1 amide bonds. The highest BCUT2D eigenvalue weighted by Crippen LogP contribution is 2.32. The van der Waals surface area contributed by atoms with Crippen molar-refractivity contribution in [3.05, 3.63) is 57.3 Å². The molecule has 1 fully saturated rings. The Morgan fingerprint density at radius 3 is 2.67 bits per heavy atom. The van der Waals surface area contributed by atoms with Gasteiger partial charge in [-0.1, -0.05) is 29.3 Å². The van der Waals surface area contributed by atoms with E-state index in [9.17, 15) is 4.79 Å². The van der Waals surface area contributed by atoms with E-state index in [0.29, 0.717) is 42.0 Å². The van der Waals surface area contributed by atoms with Gasteiger partial charge in [-0.25, -0.2) is 4.98 Å². The molecule has 4 rings (SSSR count). The van der Waals surface area contributed by atoms with Gasteiger partial charge in [0, 0.05) is 36.8 Å². The molecule has 160 valence electrons. The number of carbonyl (C=O) groups excluding carboxylic acids is 1. The van der Waals surface area contributed by atoms with Crippen LogP contribution in [0.2, 0.25) is 10.0 Å². The number of pyridine rings is 1. The molecule has 1 aliphatic heterocycles. The number of nitrogens with zero attached hydrogens (tertiary/aromatic N) is 3. The van der Waals surface area contributed by atoms with Crippen LogP contribution in [0.3, 0.4) is 0 Å². The largest absolute Gasteiger partial charge is 0.474 e. The number of hydrogen-bond donors (Lipinski definition) is 0. The second kappa shape index (κ2) is 9.46. The Balaban J connectivity index is 0.00000256. The molecule has 0 N–H and O–H groups in total. The Kier molecular flexibility index (Phi) is 7.17. The standard InChI is InChI=1S/C22H23Cl2N3O2.ClH/c1-14-15(2)27(13-16-5-6-18(23)19(24)12-16)21-17(14)7-8-25-22(21)29-11-10-26-9-3-4-20(26)28;/h5-8,12H,3-4,9-11,13H2,1-2H3;1H. The van der Waals surface area contributed by atoms with Crippen LogP contribution >= 0.6 is 35.6 Å². The summed E-state index contributed by atoms with van der Waals surface area (Å²) < 4.78 is 8.25. The molecule has 1 aliphatic rings. The van der Waals surface area contributed by atoms with Gasteiger partial charge in [0.1, 0.15) is 12.1 Å². The van der Waals surface area contributed by atoms with E-state index in [1.807, 2.05) is 29.2 Å². The molecule has 2 aromatic heterocycles. The highest BCUT2D eigenvalue weighted by Gasteiger charge is 2.21. The first-order valence-electron chi connectivity index (χ1n) is 9.74. The second-order valence-corrected chi connectivity index (χ2v) is 8.20. The Hall–Kier alpha value is -1.95. The SMILES string of the molecule is Cc1c(C)n(Cc2ccc(Cl)c(Cl)c2)c2c(OCCN3CCCC3=O)nccc12.Cl. The van der Waals surface area contributed by atoms with Gasteiger partial charge in [-0.2, -0.15) is 0 Å². The first kappa shape index (κ1) is 22.7. The lowest BCUT2D eigenvalue weighted by Crippen LogP contribution is -2.29. The van der Waals surface area contributed by atoms with Gasteiger partial charge in [-0.15, -0.1) is 12.4 Å². The molecule has 1 saturated heterocycles. The highest BCUT2D eigenvalue weighted by atomic mass is 35.5. The van der Waals surface area contributed by atoms with Gasteiger partial charge >= 0.3 is 0 Å². The summed E-state index contributed by atoms with van der Waals surface area (Å²) in [6.45, 7) is 6.66. The van der Waals surface area contributed by atoms with Crippen LogP contribution in [0.25, 0.3) is 10.9 Å². The van der Waals surface area contributed by atoms with E-state index in [0.717, 1.165) is 35.1 Å². The Morgan fingerprint density at radius 1 is 1.17 bits per heavy atom. The molecule has 0 unspecified atom stereocenters. The van der Waals surface area contributed by atoms with Crippen molar-refractivity contribution in [1.82, 2.24) is 14.5 Å². The fourth-order valence-corrected chi connectivity index (χ4v) is 4.20. The molecule has 0 saturated carbocycles. The van der Waals surface area contributed by atoms with Crippen molar-refractivity contribution in [2.24, 2.45) is 0 Å². The fourth-order valence-electron chi connectivity index (χ4n) is 3.88. The highest BCUT2D eigenvalue weighted by molar-refractivity contribution is 6.42. The molecule has 8 heteroatoms. The number of carbonyl (C=O) groups is 1. The second-order valence-electron chi connectivity index (χ2n) is 7.39. The molecule has 5 nitrogen and oxygen atoms in total. The van der Waals surface area contributed by atoms with Crippen LogP contribution in [0.1, 0.15) is 29.7 Å². The first-order chi connectivity index (χ1) is 14.0. The maximum absolute atomic E-state index is 11.8. The number of aryl methyl sites for hydroxylation is 1. The van der Waals surface area contributed by atoms with Gasteiger partial charge in [0.05, 0.1) is 16.6 Å². The summed E-state index contributed by atoms with van der Waals surface area (Å²) in [6, 6.07) is 7.70. The maximum Gasteiger partial charge on any atom is 0.238 e. The summed E-state index contributed by atoms with van der Waals surface area (Å²) in [5.41, 5.74) is 4.36. The van der Waals surface area contributed by atoms with E-state index in [1.165, 1.54) is 5.56 Å². The molecule has 1 aromatic carbocycles. The van der Waals surface area contributed by atoms with Crippen molar-refractivity contribution in [2.75, 3.05) is 19.7 Å². The third-order valence-electron chi connectivity index (χ3n) is 5.61. The van der Waals surface area contributed by atoms with Gasteiger partial charge in [0.25, 0.3) is 0 Å². The van der Waals surface area contributed by atoms with Crippen molar-refractivity contribution >= 4 is 52.4 Å². The quantitative estimate of drug-likeness (QED) is 0.484. The number of amides is 1. The Bertz CT molecular complexity index is 1080. The maximum atomic E-state index is 11.8. The zero-order valence-electron chi connectivity index (χ0n) is 17.0. The van der Waals surface area contributed by atoms with Crippen molar-refractivity contribution in [1.29, 1.82) is 0 Å². The molecule has 3 aromatic rings. The van der Waals surface area contributed by atoms with Crippen molar-refractivity contribution in [2.45, 2.75) is 33.2 Å². The van der Waals surface area contributed by atoms with E-state index >= 15 is 0 Å². The van der Waals surface area contributed by atoms with E-state index in [-0.39, 0.29) is 18.3 Å². The number of aromatic nitrogens is 2. The third-order valence-corrected chi connectivity index (χ3v) is 6.35. The van der Waals surface area contributed by atoms with Gasteiger partial charge in [0.15, 0.2) is 0 Å². The minimum absolute atomic E-state index is 0. The molecule has 0 spiro atoms. The van der Waals surface area contributed by atoms with Crippen LogP contribution in [0.4, 0.5) is 0 Å². The van der Waals surface area contributed by atoms with Crippen LogP contribution < -0.4 is 4.74 Å². The zero-order chi connectivity index (χ0) is 20.5. The summed E-state index contributed by atoms with van der Waals surface area (Å²) >= 11 is 12.3. The molecule has 0 radical (unpaired) electrons. The van der Waals surface area contributed by atoms with E-state index in [1.54, 1.807) is 6.20 Å². The van der Waals surface area contributed by atoms with Gasteiger partial charge in [-0.3, -0.25) is 4.79 Å². The van der Waals surface area contributed by atoms with Crippen LogP contribution in [-0.2, 0) is 11.3 Å². The smallest absolute Gasteiger partial charge is 0.238 e. The summed E-state index contributed by atoms with van der Waals surface area (Å²) in [7, 11) is 0. The van der Waals surface area contributed by atoms with Gasteiger partial charge < -0.3 is 14.2 Å². The lowest BCUT2D eigenvalue weighted by molar-refractivity contribution is -0.128. The van der Waals surface area contributed by atoms with Crippen molar-refractivity contribution < 1.29 is 9.53 Å². The number of ether oxygens (including phenoxy) is 1. The summed E-state index contributed by atoms with van der Waals surface area (Å²) in [4.78, 5) is 18.2. The van der Waals surface area contributed by atoms with Crippen LogP contribution in [-0.4, -0.2) is 40.1 Å². The van der Waals surface area contributed by atoms with Gasteiger partial charge in [0.2, 0.25) is 11.8 Å². The average Bonchev–Trinajstić information content (AvgIpc) is 3.22. The fraction of sp³-hybridized carbons (Fsp3) is 0.364. The van der Waals surface area contributed by atoms with Gasteiger partial charge in [-0.05, 0) is 49.6 Å². The predicted molar refractivity (Wildman–Crippen MR) is 123 cm³/mol. The Morgan fingerprint density at radius 2 is 1.97 bits per heavy atom. The number of hydrogen-bond acceptors (Lipinski definition) is 3. The minimum atomic E-state index is 0. The number of likely N-dealkylation sites (tertiary alicyclic amines) is 1. The molecule has 3 heterocycles. The molecule has 0 atom stereocenters. The summed E-state index contributed by atoms with van der Waals surface area (Å²) in [6.07, 6.45) is 3.34. The normalized spacial score (nSPS) is 13.7. The average molecular weight is 469 g/mol. The molecule has 30 heavy (non-hydrogen) atoms. The zero-order valence-corrected chi connectivity index (χ0v) is 19.3. The Labute approximate surface area is 192 Å². The molecule has 0 aliphatic carbocycles. The minimum Gasteiger partial charge on any atom is -0.474 e. The summed E-state index contributed by atoms with van der Waals surface area (Å²) in [5, 5.41) is 2.20. The third kappa shape index (κ3) is 4.39. The van der Waals surface area contributed by atoms with Crippen LogP contribution in [0.5, 0.6) is 5.88 Å². The van der Waals surface area contributed by atoms with Crippen LogP contribution in [0, 0.1) is 13.8 Å². The van der Waals surface area contributed by atoms with E-state index < -0.39 is 0 Å². The number of benzene rings is 1. The number of halogens is 3. The predicted octanol–water partition coefficient (Wildman–Crippen LogP) is 5.43. The monoisotopic (exact) mass is 467 g/mol.